The van der Waals surface area contributed by atoms with Crippen molar-refractivity contribution < 1.29 is 9.59 Å². The fourth-order valence-electron chi connectivity index (χ4n) is 2.01. The molecule has 2 rings (SSSR count). The summed E-state index contributed by atoms with van der Waals surface area (Å²) in [5.74, 6) is -0.0886. The molecular weight excluding hydrogens is 401 g/mol. The van der Waals surface area contributed by atoms with Crippen LogP contribution in [0.4, 0.5) is 0 Å². The molecule has 1 heterocycles. The Labute approximate surface area is 164 Å². The van der Waals surface area contributed by atoms with Crippen LogP contribution in [0, 0.1) is 0 Å². The highest BCUT2D eigenvalue weighted by molar-refractivity contribution is 7.98. The van der Waals surface area contributed by atoms with Crippen molar-refractivity contribution in [3.8, 4) is 0 Å². The Morgan fingerprint density at radius 2 is 2.16 bits per heavy atom. The summed E-state index contributed by atoms with van der Waals surface area (Å²) in [4.78, 5) is 29.7. The first kappa shape index (κ1) is 20.0. The van der Waals surface area contributed by atoms with Gasteiger partial charge < -0.3 is 9.88 Å². The second-order valence-corrected chi connectivity index (χ2v) is 7.88. The number of aromatic nitrogens is 1. The van der Waals surface area contributed by atoms with Crippen molar-refractivity contribution in [2.45, 2.75) is 12.5 Å². The molecule has 0 fully saturated rings. The van der Waals surface area contributed by atoms with E-state index in [2.05, 4.69) is 10.3 Å². The summed E-state index contributed by atoms with van der Waals surface area (Å²) in [5.41, 5.74) is 0.273. The molecule has 0 saturated carbocycles. The highest BCUT2D eigenvalue weighted by Gasteiger charge is 2.22. The number of thiazole rings is 1. The lowest BCUT2D eigenvalue weighted by atomic mass is 10.1. The standard InChI is InChI=1S/C16H17Cl2N3O2S2/c1-21-6-8-25-16(21)20-15(23)13(5-7-24-2)19-14(22)11-4-3-10(17)9-12(11)18/h3-4,6,8-9,13H,5,7H2,1-2H3,(H,19,22). The number of rotatable bonds is 6. The third-order valence-electron chi connectivity index (χ3n) is 3.36. The number of carbonyl (C=O) groups excluding carboxylic acids is 2. The molecule has 1 unspecified atom stereocenters. The van der Waals surface area contributed by atoms with E-state index in [9.17, 15) is 9.59 Å². The molecule has 2 amide bonds. The molecule has 9 heteroatoms. The maximum Gasteiger partial charge on any atom is 0.270 e. The van der Waals surface area contributed by atoms with Gasteiger partial charge in [-0.05, 0) is 36.6 Å². The SMILES string of the molecule is CSCCC(NC(=O)c1ccc(Cl)cc1Cl)C(=O)N=c1sccn1C. The fourth-order valence-corrected chi connectivity index (χ4v) is 3.71. The zero-order valence-electron chi connectivity index (χ0n) is 13.7. The molecule has 0 aliphatic heterocycles. The summed E-state index contributed by atoms with van der Waals surface area (Å²) in [7, 11) is 1.81. The monoisotopic (exact) mass is 417 g/mol. The zero-order chi connectivity index (χ0) is 18.4. The predicted molar refractivity (Wildman–Crippen MR) is 105 cm³/mol. The largest absolute Gasteiger partial charge is 0.340 e. The summed E-state index contributed by atoms with van der Waals surface area (Å²) >= 11 is 14.9. The van der Waals surface area contributed by atoms with E-state index >= 15 is 0 Å². The Kier molecular flexibility index (Phi) is 7.56. The minimum Gasteiger partial charge on any atom is -0.340 e. The van der Waals surface area contributed by atoms with Gasteiger partial charge in [-0.15, -0.1) is 11.3 Å². The Bertz CT molecular complexity index is 833. The lowest BCUT2D eigenvalue weighted by Gasteiger charge is -2.15. The highest BCUT2D eigenvalue weighted by Crippen LogP contribution is 2.21. The van der Waals surface area contributed by atoms with Crippen LogP contribution in [0.15, 0.2) is 34.8 Å². The molecular formula is C16H17Cl2N3O2S2. The maximum atomic E-state index is 12.5. The Morgan fingerprint density at radius 1 is 1.40 bits per heavy atom. The van der Waals surface area contributed by atoms with Crippen molar-refractivity contribution >= 4 is 58.1 Å². The highest BCUT2D eigenvalue weighted by atomic mass is 35.5. The first-order valence-corrected chi connectivity index (χ1v) is 10.4. The van der Waals surface area contributed by atoms with Gasteiger partial charge in [-0.25, -0.2) is 0 Å². The van der Waals surface area contributed by atoms with E-state index in [1.165, 1.54) is 23.5 Å². The zero-order valence-corrected chi connectivity index (χ0v) is 16.8. The first-order chi connectivity index (χ1) is 11.9. The van der Waals surface area contributed by atoms with E-state index in [4.69, 9.17) is 23.2 Å². The molecule has 5 nitrogen and oxygen atoms in total. The average Bonchev–Trinajstić information content (AvgIpc) is 2.96. The minimum atomic E-state index is -0.714. The van der Waals surface area contributed by atoms with Crippen LogP contribution in [0.1, 0.15) is 16.8 Å². The Balaban J connectivity index is 2.21. The third-order valence-corrected chi connectivity index (χ3v) is 5.39. The lowest BCUT2D eigenvalue weighted by molar-refractivity contribution is -0.119. The van der Waals surface area contributed by atoms with Crippen molar-refractivity contribution in [1.82, 2.24) is 9.88 Å². The number of halogens is 2. The summed E-state index contributed by atoms with van der Waals surface area (Å²) in [6, 6.07) is 3.89. The number of thioether (sulfide) groups is 1. The number of benzene rings is 1. The minimum absolute atomic E-state index is 0.239. The molecule has 1 aromatic carbocycles. The van der Waals surface area contributed by atoms with Crippen molar-refractivity contribution in [3.63, 3.8) is 0 Å². The number of nitrogens with one attached hydrogen (secondary N) is 1. The van der Waals surface area contributed by atoms with Crippen LogP contribution in [-0.2, 0) is 11.8 Å². The number of amides is 2. The molecule has 25 heavy (non-hydrogen) atoms. The summed E-state index contributed by atoms with van der Waals surface area (Å²) in [6.45, 7) is 0. The smallest absolute Gasteiger partial charge is 0.270 e. The molecule has 0 radical (unpaired) electrons. The number of hydrogen-bond donors (Lipinski definition) is 1. The second-order valence-electron chi connectivity index (χ2n) is 5.18. The van der Waals surface area contributed by atoms with Crippen molar-refractivity contribution in [3.05, 3.63) is 50.2 Å². The van der Waals surface area contributed by atoms with E-state index in [1.807, 2.05) is 24.9 Å². The summed E-state index contributed by atoms with van der Waals surface area (Å²) < 4.78 is 1.76. The van der Waals surface area contributed by atoms with E-state index in [0.717, 1.165) is 5.75 Å². The van der Waals surface area contributed by atoms with E-state index < -0.39 is 11.9 Å². The van der Waals surface area contributed by atoms with Crippen LogP contribution in [-0.4, -0.2) is 34.4 Å². The van der Waals surface area contributed by atoms with Crippen molar-refractivity contribution in [2.75, 3.05) is 12.0 Å². The van der Waals surface area contributed by atoms with Gasteiger partial charge in [-0.2, -0.15) is 16.8 Å². The van der Waals surface area contributed by atoms with Gasteiger partial charge in [-0.1, -0.05) is 23.2 Å². The van der Waals surface area contributed by atoms with Crippen LogP contribution in [0.2, 0.25) is 10.0 Å². The van der Waals surface area contributed by atoms with Gasteiger partial charge in [0.2, 0.25) is 0 Å². The van der Waals surface area contributed by atoms with E-state index in [-0.39, 0.29) is 16.5 Å². The van der Waals surface area contributed by atoms with Gasteiger partial charge in [0.25, 0.3) is 11.8 Å². The van der Waals surface area contributed by atoms with Crippen LogP contribution >= 0.6 is 46.3 Å². The molecule has 134 valence electrons. The molecule has 2 aromatic rings. The molecule has 1 N–H and O–H groups in total. The molecule has 0 spiro atoms. The van der Waals surface area contributed by atoms with Gasteiger partial charge in [0.1, 0.15) is 6.04 Å². The van der Waals surface area contributed by atoms with Gasteiger partial charge in [0.15, 0.2) is 4.80 Å². The van der Waals surface area contributed by atoms with E-state index in [1.54, 1.807) is 22.4 Å². The van der Waals surface area contributed by atoms with Gasteiger partial charge in [0, 0.05) is 23.6 Å². The van der Waals surface area contributed by atoms with Crippen molar-refractivity contribution in [1.29, 1.82) is 0 Å². The molecule has 1 aromatic heterocycles. The maximum absolute atomic E-state index is 12.5. The second kappa shape index (κ2) is 9.43. The van der Waals surface area contributed by atoms with Gasteiger partial charge >= 0.3 is 0 Å². The average molecular weight is 418 g/mol. The van der Waals surface area contributed by atoms with Crippen LogP contribution in [0.5, 0.6) is 0 Å². The molecule has 0 aliphatic rings. The molecule has 1 atom stereocenters. The Morgan fingerprint density at radius 3 is 2.76 bits per heavy atom. The number of hydrogen-bond acceptors (Lipinski definition) is 4. The number of carbonyl (C=O) groups is 2. The third kappa shape index (κ3) is 5.60. The van der Waals surface area contributed by atoms with Crippen LogP contribution in [0.3, 0.4) is 0 Å². The predicted octanol–water partition coefficient (Wildman–Crippen LogP) is 3.37. The number of nitrogens with zero attached hydrogens (tertiary/aromatic N) is 2. The molecule has 0 bridgehead atoms. The topological polar surface area (TPSA) is 63.5 Å². The van der Waals surface area contributed by atoms with Crippen LogP contribution < -0.4 is 10.1 Å². The fraction of sp³-hybridized carbons (Fsp3) is 0.312. The normalized spacial score (nSPS) is 12.9. The lowest BCUT2D eigenvalue weighted by Crippen LogP contribution is -2.41. The summed E-state index contributed by atoms with van der Waals surface area (Å²) in [6.07, 6.45) is 4.24. The van der Waals surface area contributed by atoms with Crippen molar-refractivity contribution in [2.24, 2.45) is 12.0 Å². The summed E-state index contributed by atoms with van der Waals surface area (Å²) in [5, 5.41) is 5.25. The Hall–Kier alpha value is -1.28. The van der Waals surface area contributed by atoms with E-state index in [0.29, 0.717) is 16.2 Å². The number of aryl methyl sites for hydroxylation is 1. The molecule has 0 aliphatic carbocycles. The van der Waals surface area contributed by atoms with Gasteiger partial charge in [-0.3, -0.25) is 9.59 Å². The van der Waals surface area contributed by atoms with Gasteiger partial charge in [0.05, 0.1) is 10.6 Å². The quantitative estimate of drug-likeness (QED) is 0.783. The molecule has 0 saturated heterocycles. The van der Waals surface area contributed by atoms with Crippen LogP contribution in [0.25, 0.3) is 0 Å². The first-order valence-electron chi connectivity index (χ1n) is 7.36.